The van der Waals surface area contributed by atoms with Crippen molar-refractivity contribution in [2.24, 2.45) is 5.10 Å². The zero-order valence-corrected chi connectivity index (χ0v) is 18.5. The van der Waals surface area contributed by atoms with Gasteiger partial charge in [-0.2, -0.15) is 5.10 Å². The number of amides is 1. The van der Waals surface area contributed by atoms with Crippen molar-refractivity contribution < 1.29 is 9.53 Å². The van der Waals surface area contributed by atoms with E-state index in [9.17, 15) is 9.59 Å². The van der Waals surface area contributed by atoms with Gasteiger partial charge in [0.25, 0.3) is 5.56 Å². The summed E-state index contributed by atoms with van der Waals surface area (Å²) in [5.74, 6) is 0.591. The first-order chi connectivity index (χ1) is 15.5. The van der Waals surface area contributed by atoms with Crippen LogP contribution in [0.3, 0.4) is 0 Å². The van der Waals surface area contributed by atoms with Crippen molar-refractivity contribution >= 4 is 33.7 Å². The van der Waals surface area contributed by atoms with Crippen molar-refractivity contribution in [3.05, 3.63) is 92.3 Å². The summed E-state index contributed by atoms with van der Waals surface area (Å²) in [7, 11) is 0. The van der Waals surface area contributed by atoms with Crippen LogP contribution in [0.1, 0.15) is 27.4 Å². The molecule has 162 valence electrons. The molecule has 0 unspecified atom stereocenters. The number of hydrogen-bond acceptors (Lipinski definition) is 6. The number of rotatable bonds is 7. The number of aryl methyl sites for hydroxylation is 2. The number of carbonyl (C=O) groups is 1. The van der Waals surface area contributed by atoms with E-state index in [1.54, 1.807) is 0 Å². The van der Waals surface area contributed by atoms with Crippen molar-refractivity contribution in [3.63, 3.8) is 0 Å². The van der Waals surface area contributed by atoms with Crippen LogP contribution in [-0.4, -0.2) is 22.1 Å². The number of nitrogens with zero attached hydrogens (tertiary/aromatic N) is 2. The van der Waals surface area contributed by atoms with Gasteiger partial charge in [-0.1, -0.05) is 42.5 Å². The van der Waals surface area contributed by atoms with Gasteiger partial charge >= 0.3 is 0 Å². The third kappa shape index (κ3) is 4.92. The second kappa shape index (κ2) is 9.57. The topological polar surface area (TPSA) is 96.4 Å². The molecule has 32 heavy (non-hydrogen) atoms. The quantitative estimate of drug-likeness (QED) is 0.333. The van der Waals surface area contributed by atoms with E-state index in [2.05, 4.69) is 20.5 Å². The lowest BCUT2D eigenvalue weighted by molar-refractivity contribution is -0.120. The Kier molecular flexibility index (Phi) is 6.42. The van der Waals surface area contributed by atoms with Crippen molar-refractivity contribution in [2.75, 3.05) is 0 Å². The average molecular weight is 447 g/mol. The van der Waals surface area contributed by atoms with Crippen LogP contribution >= 0.6 is 11.3 Å². The molecular weight excluding hydrogens is 424 g/mol. The van der Waals surface area contributed by atoms with Crippen LogP contribution in [0, 0.1) is 13.8 Å². The molecule has 0 saturated carbocycles. The fourth-order valence-electron chi connectivity index (χ4n) is 3.20. The standard InChI is InChI=1S/C24H22N4O3S/c1-15-16(2)32-24-22(15)23(30)26-20(27-24)12-21(29)28-25-13-18-10-6-7-11-19(18)31-14-17-8-4-3-5-9-17/h3-11,13H,12,14H2,1-2H3,(H,28,29)(H,26,27,30)/b25-13+. The normalized spacial score (nSPS) is 11.2. The van der Waals surface area contributed by atoms with E-state index in [0.29, 0.717) is 28.4 Å². The summed E-state index contributed by atoms with van der Waals surface area (Å²) >= 11 is 1.45. The maximum atomic E-state index is 12.4. The largest absolute Gasteiger partial charge is 0.488 e. The monoisotopic (exact) mass is 446 g/mol. The fourth-order valence-corrected chi connectivity index (χ4v) is 4.25. The molecule has 2 aromatic carbocycles. The van der Waals surface area contributed by atoms with Gasteiger partial charge in [-0.3, -0.25) is 9.59 Å². The highest BCUT2D eigenvalue weighted by Gasteiger charge is 2.13. The maximum Gasteiger partial charge on any atom is 0.259 e. The Morgan fingerprint density at radius 1 is 1.16 bits per heavy atom. The molecule has 0 aliphatic rings. The minimum atomic E-state index is -0.378. The smallest absolute Gasteiger partial charge is 0.259 e. The average Bonchev–Trinajstić information content (AvgIpc) is 3.07. The van der Waals surface area contributed by atoms with Gasteiger partial charge in [-0.05, 0) is 37.1 Å². The molecule has 4 aromatic rings. The molecule has 1 amide bonds. The molecule has 0 fully saturated rings. The van der Waals surface area contributed by atoms with Gasteiger partial charge in [0.2, 0.25) is 5.91 Å². The van der Waals surface area contributed by atoms with Crippen LogP contribution in [-0.2, 0) is 17.8 Å². The minimum Gasteiger partial charge on any atom is -0.488 e. The summed E-state index contributed by atoms with van der Waals surface area (Å²) in [5.41, 5.74) is 4.97. The molecule has 2 aromatic heterocycles. The molecule has 2 N–H and O–H groups in total. The molecular formula is C24H22N4O3S. The number of benzene rings is 2. The van der Waals surface area contributed by atoms with E-state index in [1.807, 2.05) is 68.4 Å². The van der Waals surface area contributed by atoms with E-state index < -0.39 is 0 Å². The number of aromatic amines is 1. The van der Waals surface area contributed by atoms with E-state index in [1.165, 1.54) is 17.6 Å². The van der Waals surface area contributed by atoms with Crippen molar-refractivity contribution in [3.8, 4) is 5.75 Å². The SMILES string of the molecule is Cc1sc2nc(CC(=O)N/N=C/c3ccccc3OCc3ccccc3)[nH]c(=O)c2c1C. The van der Waals surface area contributed by atoms with E-state index >= 15 is 0 Å². The molecule has 0 radical (unpaired) electrons. The minimum absolute atomic E-state index is 0.0787. The Hall–Kier alpha value is -3.78. The van der Waals surface area contributed by atoms with Crippen LogP contribution in [0.5, 0.6) is 5.75 Å². The van der Waals surface area contributed by atoms with Gasteiger partial charge in [0.1, 0.15) is 23.0 Å². The number of hydrogen-bond donors (Lipinski definition) is 2. The van der Waals surface area contributed by atoms with E-state index in [-0.39, 0.29) is 17.9 Å². The van der Waals surface area contributed by atoms with Gasteiger partial charge in [-0.25, -0.2) is 10.4 Å². The number of hydrazone groups is 1. The summed E-state index contributed by atoms with van der Waals surface area (Å²) in [4.78, 5) is 33.4. The molecule has 8 heteroatoms. The summed E-state index contributed by atoms with van der Waals surface area (Å²) < 4.78 is 5.89. The van der Waals surface area contributed by atoms with Gasteiger partial charge < -0.3 is 9.72 Å². The Morgan fingerprint density at radius 2 is 1.91 bits per heavy atom. The molecule has 0 atom stereocenters. The number of aromatic nitrogens is 2. The summed E-state index contributed by atoms with van der Waals surface area (Å²) in [6.07, 6.45) is 1.45. The van der Waals surface area contributed by atoms with E-state index in [0.717, 1.165) is 21.6 Å². The highest BCUT2D eigenvalue weighted by atomic mass is 32.1. The van der Waals surface area contributed by atoms with E-state index in [4.69, 9.17) is 4.74 Å². The third-order valence-electron chi connectivity index (χ3n) is 4.97. The number of para-hydroxylation sites is 1. The van der Waals surface area contributed by atoms with Crippen molar-refractivity contribution in [2.45, 2.75) is 26.9 Å². The lowest BCUT2D eigenvalue weighted by atomic mass is 10.2. The maximum absolute atomic E-state index is 12.4. The highest BCUT2D eigenvalue weighted by Crippen LogP contribution is 2.25. The molecule has 0 aliphatic carbocycles. The zero-order chi connectivity index (χ0) is 22.5. The molecule has 0 bridgehead atoms. The first-order valence-electron chi connectivity index (χ1n) is 10.1. The first-order valence-corrected chi connectivity index (χ1v) is 10.9. The van der Waals surface area contributed by atoms with Gasteiger partial charge in [-0.15, -0.1) is 11.3 Å². The number of fused-ring (bicyclic) bond motifs is 1. The molecule has 0 saturated heterocycles. The first kappa shape index (κ1) is 21.5. The number of thiophene rings is 1. The van der Waals surface area contributed by atoms with Crippen molar-refractivity contribution in [1.82, 2.24) is 15.4 Å². The predicted molar refractivity (Wildman–Crippen MR) is 126 cm³/mol. The lowest BCUT2D eigenvalue weighted by Crippen LogP contribution is -2.23. The molecule has 0 aliphatic heterocycles. The van der Waals surface area contributed by atoms with Crippen LogP contribution in [0.4, 0.5) is 0 Å². The van der Waals surface area contributed by atoms with Gasteiger partial charge in [0.15, 0.2) is 0 Å². The van der Waals surface area contributed by atoms with Crippen molar-refractivity contribution in [1.29, 1.82) is 0 Å². The highest BCUT2D eigenvalue weighted by molar-refractivity contribution is 7.18. The Bertz CT molecular complexity index is 1340. The summed E-state index contributed by atoms with van der Waals surface area (Å²) in [5, 5.41) is 4.62. The number of nitrogens with one attached hydrogen (secondary N) is 2. The number of ether oxygens (including phenoxy) is 1. The molecule has 2 heterocycles. The molecule has 4 rings (SSSR count). The molecule has 0 spiro atoms. The predicted octanol–water partition coefficient (Wildman–Crippen LogP) is 3.87. The second-order valence-corrected chi connectivity index (χ2v) is 8.46. The molecule has 7 nitrogen and oxygen atoms in total. The zero-order valence-electron chi connectivity index (χ0n) is 17.7. The Morgan fingerprint density at radius 3 is 2.72 bits per heavy atom. The number of carbonyl (C=O) groups excluding carboxylic acids is 1. The van der Waals surface area contributed by atoms with Gasteiger partial charge in [0.05, 0.1) is 18.0 Å². The second-order valence-electron chi connectivity index (χ2n) is 7.26. The fraction of sp³-hybridized carbons (Fsp3) is 0.167. The van der Waals surface area contributed by atoms with Gasteiger partial charge in [0, 0.05) is 10.4 Å². The van der Waals surface area contributed by atoms with Crippen LogP contribution in [0.2, 0.25) is 0 Å². The Balaban J connectivity index is 1.40. The van der Waals surface area contributed by atoms with Crippen LogP contribution in [0.15, 0.2) is 64.5 Å². The van der Waals surface area contributed by atoms with Crippen LogP contribution in [0.25, 0.3) is 10.2 Å². The summed E-state index contributed by atoms with van der Waals surface area (Å²) in [6, 6.07) is 17.3. The number of H-pyrrole nitrogens is 1. The third-order valence-corrected chi connectivity index (χ3v) is 6.07. The Labute approximate surface area is 188 Å². The summed E-state index contributed by atoms with van der Waals surface area (Å²) in [6.45, 7) is 4.28. The lowest BCUT2D eigenvalue weighted by Gasteiger charge is -2.09. The van der Waals surface area contributed by atoms with Crippen LogP contribution < -0.4 is 15.7 Å².